The molecular weight excluding hydrogens is 458 g/mol. The Bertz CT molecular complexity index is 1590. The van der Waals surface area contributed by atoms with Crippen molar-refractivity contribution in [2.45, 2.75) is 19.4 Å². The van der Waals surface area contributed by atoms with Gasteiger partial charge in [0.2, 0.25) is 5.91 Å². The third-order valence-corrected chi connectivity index (χ3v) is 6.72. The van der Waals surface area contributed by atoms with Crippen LogP contribution in [0.1, 0.15) is 18.2 Å². The van der Waals surface area contributed by atoms with E-state index in [0.29, 0.717) is 16.9 Å². The second-order valence-electron chi connectivity index (χ2n) is 8.99. The number of amides is 4. The Morgan fingerprint density at radius 2 is 1.61 bits per heavy atom. The first-order chi connectivity index (χ1) is 17.2. The minimum Gasteiger partial charge on any atom is -0.319 e. The standard InChI is InChI=1S/C27H25N5O4/c1-17-23(24(34)32(30(17)3)21-11-5-4-6-12-21)28-22(33)16-31-25(35)27(2,29-26(31)36)20-14-13-18-9-7-8-10-19(18)15-20/h4-15H,16H2,1-3H3,(H,28,33)(H,29,36)/t27-/m0/s1. The first-order valence-corrected chi connectivity index (χ1v) is 11.5. The van der Waals surface area contributed by atoms with Gasteiger partial charge < -0.3 is 10.6 Å². The van der Waals surface area contributed by atoms with Crippen LogP contribution in [0.4, 0.5) is 10.5 Å². The zero-order valence-corrected chi connectivity index (χ0v) is 20.1. The van der Waals surface area contributed by atoms with Crippen molar-refractivity contribution in [1.82, 2.24) is 19.6 Å². The molecule has 1 aliphatic rings. The molecule has 4 aromatic rings. The molecule has 1 atom stereocenters. The van der Waals surface area contributed by atoms with Gasteiger partial charge in [-0.05, 0) is 48.4 Å². The Hall–Kier alpha value is -4.66. The fraction of sp³-hybridized carbons (Fsp3) is 0.185. The first-order valence-electron chi connectivity index (χ1n) is 11.5. The van der Waals surface area contributed by atoms with Crippen LogP contribution in [0.15, 0.2) is 77.6 Å². The Labute approximate surface area is 206 Å². The second-order valence-corrected chi connectivity index (χ2v) is 8.99. The number of hydrogen-bond donors (Lipinski definition) is 2. The number of rotatable bonds is 5. The predicted molar refractivity (Wildman–Crippen MR) is 136 cm³/mol. The Kier molecular flexibility index (Phi) is 5.47. The molecular formula is C27H25N5O4. The molecule has 0 radical (unpaired) electrons. The monoisotopic (exact) mass is 483 g/mol. The average Bonchev–Trinajstić information content (AvgIpc) is 3.23. The van der Waals surface area contributed by atoms with Crippen LogP contribution < -0.4 is 16.2 Å². The van der Waals surface area contributed by atoms with Gasteiger partial charge in [-0.25, -0.2) is 9.48 Å². The Morgan fingerprint density at radius 3 is 2.33 bits per heavy atom. The van der Waals surface area contributed by atoms with E-state index in [9.17, 15) is 19.2 Å². The fourth-order valence-corrected chi connectivity index (χ4v) is 4.57. The van der Waals surface area contributed by atoms with Crippen molar-refractivity contribution < 1.29 is 14.4 Å². The topological polar surface area (TPSA) is 105 Å². The van der Waals surface area contributed by atoms with Gasteiger partial charge in [0.1, 0.15) is 17.8 Å². The van der Waals surface area contributed by atoms with Gasteiger partial charge in [0.25, 0.3) is 11.5 Å². The molecule has 3 aromatic carbocycles. The highest BCUT2D eigenvalue weighted by Gasteiger charge is 2.49. The van der Waals surface area contributed by atoms with E-state index in [0.717, 1.165) is 15.7 Å². The lowest BCUT2D eigenvalue weighted by atomic mass is 9.90. The predicted octanol–water partition coefficient (Wildman–Crippen LogP) is 3.04. The minimum absolute atomic E-state index is 0.0932. The number of benzene rings is 3. The van der Waals surface area contributed by atoms with E-state index < -0.39 is 35.5 Å². The van der Waals surface area contributed by atoms with Gasteiger partial charge in [-0.15, -0.1) is 0 Å². The highest BCUT2D eigenvalue weighted by atomic mass is 16.2. The van der Waals surface area contributed by atoms with Gasteiger partial charge in [0.05, 0.1) is 11.4 Å². The molecule has 0 saturated carbocycles. The van der Waals surface area contributed by atoms with Crippen molar-refractivity contribution in [2.75, 3.05) is 11.9 Å². The van der Waals surface area contributed by atoms with Crippen molar-refractivity contribution in [2.24, 2.45) is 7.05 Å². The largest absolute Gasteiger partial charge is 0.325 e. The normalized spacial score (nSPS) is 17.5. The zero-order chi connectivity index (χ0) is 25.6. The molecule has 9 nitrogen and oxygen atoms in total. The van der Waals surface area contributed by atoms with Crippen LogP contribution in [-0.2, 0) is 22.2 Å². The summed E-state index contributed by atoms with van der Waals surface area (Å²) in [6.45, 7) is 2.81. The smallest absolute Gasteiger partial charge is 0.319 e. The van der Waals surface area contributed by atoms with Crippen molar-refractivity contribution in [3.05, 3.63) is 94.4 Å². The van der Waals surface area contributed by atoms with Crippen molar-refractivity contribution in [1.29, 1.82) is 0 Å². The summed E-state index contributed by atoms with van der Waals surface area (Å²) in [5, 5.41) is 7.27. The summed E-state index contributed by atoms with van der Waals surface area (Å²) in [7, 11) is 1.71. The molecule has 0 spiro atoms. The maximum absolute atomic E-state index is 13.3. The summed E-state index contributed by atoms with van der Waals surface area (Å²) in [6.07, 6.45) is 0. The van der Waals surface area contributed by atoms with Crippen LogP contribution in [-0.4, -0.2) is 38.7 Å². The fourth-order valence-electron chi connectivity index (χ4n) is 4.57. The van der Waals surface area contributed by atoms with Gasteiger partial charge in [0.15, 0.2) is 0 Å². The van der Waals surface area contributed by atoms with E-state index in [-0.39, 0.29) is 5.69 Å². The summed E-state index contributed by atoms with van der Waals surface area (Å²) in [4.78, 5) is 52.9. The molecule has 2 heterocycles. The number of nitrogens with one attached hydrogen (secondary N) is 2. The Balaban J connectivity index is 1.38. The number of aromatic nitrogens is 2. The molecule has 1 saturated heterocycles. The number of urea groups is 1. The lowest BCUT2D eigenvalue weighted by Crippen LogP contribution is -2.42. The summed E-state index contributed by atoms with van der Waals surface area (Å²) >= 11 is 0. The SMILES string of the molecule is Cc1c(NC(=O)CN2C(=O)N[C@@](C)(c3ccc4ccccc4c3)C2=O)c(=O)n(-c2ccccc2)n1C. The van der Waals surface area contributed by atoms with E-state index in [1.165, 1.54) is 4.68 Å². The first kappa shape index (κ1) is 23.1. The van der Waals surface area contributed by atoms with Crippen LogP contribution in [0.3, 0.4) is 0 Å². The highest BCUT2D eigenvalue weighted by Crippen LogP contribution is 2.31. The maximum atomic E-state index is 13.3. The molecule has 0 bridgehead atoms. The molecule has 2 N–H and O–H groups in total. The van der Waals surface area contributed by atoms with E-state index in [1.54, 1.807) is 43.8 Å². The van der Waals surface area contributed by atoms with Crippen LogP contribution in [0.5, 0.6) is 0 Å². The van der Waals surface area contributed by atoms with Gasteiger partial charge in [0, 0.05) is 7.05 Å². The highest BCUT2D eigenvalue weighted by molar-refractivity contribution is 6.10. The summed E-state index contributed by atoms with van der Waals surface area (Å²) in [5.74, 6) is -1.18. The van der Waals surface area contributed by atoms with Crippen LogP contribution in [0, 0.1) is 6.92 Å². The third-order valence-electron chi connectivity index (χ3n) is 6.72. The summed E-state index contributed by atoms with van der Waals surface area (Å²) < 4.78 is 3.08. The lowest BCUT2D eigenvalue weighted by molar-refractivity contribution is -0.133. The van der Waals surface area contributed by atoms with Crippen LogP contribution in [0.2, 0.25) is 0 Å². The molecule has 9 heteroatoms. The molecule has 5 rings (SSSR count). The molecule has 0 aliphatic carbocycles. The summed E-state index contributed by atoms with van der Waals surface area (Å²) in [6, 6.07) is 21.6. The minimum atomic E-state index is -1.32. The third kappa shape index (κ3) is 3.65. The van der Waals surface area contributed by atoms with Gasteiger partial charge >= 0.3 is 6.03 Å². The van der Waals surface area contributed by atoms with Crippen molar-refractivity contribution in [3.8, 4) is 5.69 Å². The molecule has 4 amide bonds. The number of fused-ring (bicyclic) bond motifs is 1. The second kappa shape index (κ2) is 8.53. The number of anilines is 1. The zero-order valence-electron chi connectivity index (χ0n) is 20.1. The number of para-hydroxylation sites is 1. The average molecular weight is 484 g/mol. The molecule has 182 valence electrons. The van der Waals surface area contributed by atoms with Crippen LogP contribution in [0.25, 0.3) is 16.5 Å². The van der Waals surface area contributed by atoms with Gasteiger partial charge in [-0.1, -0.05) is 54.6 Å². The van der Waals surface area contributed by atoms with Crippen molar-refractivity contribution in [3.63, 3.8) is 0 Å². The molecule has 36 heavy (non-hydrogen) atoms. The van der Waals surface area contributed by atoms with E-state index in [2.05, 4.69) is 10.6 Å². The van der Waals surface area contributed by atoms with Crippen molar-refractivity contribution >= 4 is 34.3 Å². The van der Waals surface area contributed by atoms with Gasteiger partial charge in [-0.2, -0.15) is 0 Å². The Morgan fingerprint density at radius 1 is 0.944 bits per heavy atom. The molecule has 1 aliphatic heterocycles. The lowest BCUT2D eigenvalue weighted by Gasteiger charge is -2.22. The number of carbonyl (C=O) groups is 3. The van der Waals surface area contributed by atoms with Gasteiger partial charge in [-0.3, -0.25) is 24.0 Å². The number of nitrogens with zero attached hydrogens (tertiary/aromatic N) is 3. The van der Waals surface area contributed by atoms with E-state index in [1.807, 2.05) is 54.6 Å². The molecule has 0 unspecified atom stereocenters. The summed E-state index contributed by atoms with van der Waals surface area (Å²) in [5.41, 5.74) is 0.171. The van der Waals surface area contributed by atoms with Crippen LogP contribution >= 0.6 is 0 Å². The molecule has 1 aromatic heterocycles. The van der Waals surface area contributed by atoms with E-state index in [4.69, 9.17) is 0 Å². The number of hydrogen-bond acceptors (Lipinski definition) is 4. The maximum Gasteiger partial charge on any atom is 0.325 e. The molecule has 1 fully saturated rings. The number of imide groups is 1. The van der Waals surface area contributed by atoms with E-state index >= 15 is 0 Å². The number of carbonyl (C=O) groups excluding carboxylic acids is 3. The quantitative estimate of drug-likeness (QED) is 0.426.